The molecule has 0 aliphatic rings. The normalized spacial score (nSPS) is 9.94. The van der Waals surface area contributed by atoms with Gasteiger partial charge in [-0.1, -0.05) is 0 Å². The first-order valence-electron chi connectivity index (χ1n) is 5.02. The lowest BCUT2D eigenvalue weighted by atomic mass is 10.2. The molecule has 0 saturated carbocycles. The molecule has 4 N–H and O–H groups in total. The molecule has 0 radical (unpaired) electrons. The van der Waals surface area contributed by atoms with E-state index in [9.17, 15) is 9.59 Å². The van der Waals surface area contributed by atoms with Crippen molar-refractivity contribution in [1.82, 2.24) is 0 Å². The van der Waals surface area contributed by atoms with Crippen LogP contribution in [0.3, 0.4) is 0 Å². The highest BCUT2D eigenvalue weighted by molar-refractivity contribution is 5.95. The maximum Gasteiger partial charge on any atom is 0.250 e. The van der Waals surface area contributed by atoms with E-state index in [0.717, 1.165) is 0 Å². The average Bonchev–Trinajstić information content (AvgIpc) is 2.30. The molecule has 17 heavy (non-hydrogen) atoms. The van der Waals surface area contributed by atoms with Gasteiger partial charge >= 0.3 is 0 Å². The fourth-order valence-corrected chi connectivity index (χ4v) is 1.14. The Balaban J connectivity index is 2.46. The number of carbonyl (C=O) groups is 2. The van der Waals surface area contributed by atoms with Crippen molar-refractivity contribution in [3.8, 4) is 0 Å². The number of benzene rings is 1. The number of nitrogens with two attached hydrogens (primary N) is 1. The first-order valence-corrected chi connectivity index (χ1v) is 5.02. The van der Waals surface area contributed by atoms with E-state index < -0.39 is 5.91 Å². The van der Waals surface area contributed by atoms with E-state index in [1.807, 2.05) is 0 Å². The van der Waals surface area contributed by atoms with Crippen molar-refractivity contribution in [2.75, 3.05) is 25.1 Å². The fourth-order valence-electron chi connectivity index (χ4n) is 1.14. The van der Waals surface area contributed by atoms with E-state index in [-0.39, 0.29) is 25.7 Å². The summed E-state index contributed by atoms with van der Waals surface area (Å²) in [6.07, 6.45) is 0. The highest BCUT2D eigenvalue weighted by atomic mass is 16.5. The lowest BCUT2D eigenvalue weighted by Crippen LogP contribution is -2.19. The summed E-state index contributed by atoms with van der Waals surface area (Å²) in [5, 5.41) is 11.0. The van der Waals surface area contributed by atoms with Crippen LogP contribution in [0.15, 0.2) is 24.3 Å². The van der Waals surface area contributed by atoms with Gasteiger partial charge in [0.1, 0.15) is 6.61 Å². The number of amides is 2. The van der Waals surface area contributed by atoms with Crippen LogP contribution in [0.1, 0.15) is 10.4 Å². The minimum atomic E-state index is -0.519. The van der Waals surface area contributed by atoms with Crippen LogP contribution in [0.4, 0.5) is 5.69 Å². The summed E-state index contributed by atoms with van der Waals surface area (Å²) < 4.78 is 4.84. The van der Waals surface area contributed by atoms with Gasteiger partial charge in [-0.2, -0.15) is 0 Å². The van der Waals surface area contributed by atoms with Gasteiger partial charge in [0.15, 0.2) is 0 Å². The predicted octanol–water partition coefficient (Wildman–Crippen LogP) is -0.267. The first kappa shape index (κ1) is 13.1. The third kappa shape index (κ3) is 4.62. The molecule has 0 bridgehead atoms. The Morgan fingerprint density at radius 3 is 2.47 bits per heavy atom. The molecule has 1 aromatic rings. The lowest BCUT2D eigenvalue weighted by molar-refractivity contribution is -0.120. The molecule has 0 saturated heterocycles. The van der Waals surface area contributed by atoms with Crippen LogP contribution in [0, 0.1) is 0 Å². The molecule has 0 spiro atoms. The largest absolute Gasteiger partial charge is 0.394 e. The lowest BCUT2D eigenvalue weighted by Gasteiger charge is -2.05. The molecule has 0 atom stereocenters. The number of anilines is 1. The van der Waals surface area contributed by atoms with Crippen molar-refractivity contribution in [3.63, 3.8) is 0 Å². The van der Waals surface area contributed by atoms with Gasteiger partial charge in [-0.05, 0) is 24.3 Å². The highest BCUT2D eigenvalue weighted by Crippen LogP contribution is 2.08. The van der Waals surface area contributed by atoms with Gasteiger partial charge < -0.3 is 20.9 Å². The van der Waals surface area contributed by atoms with Crippen LogP contribution in [0.5, 0.6) is 0 Å². The number of rotatable bonds is 6. The molecule has 6 heteroatoms. The van der Waals surface area contributed by atoms with Crippen LogP contribution in [-0.2, 0) is 9.53 Å². The molecule has 0 fully saturated rings. The first-order chi connectivity index (χ1) is 8.13. The molecule has 92 valence electrons. The van der Waals surface area contributed by atoms with Crippen LogP contribution in [0.25, 0.3) is 0 Å². The van der Waals surface area contributed by atoms with Crippen LogP contribution < -0.4 is 11.1 Å². The van der Waals surface area contributed by atoms with E-state index in [1.165, 1.54) is 12.1 Å². The molecular weight excluding hydrogens is 224 g/mol. The van der Waals surface area contributed by atoms with Crippen molar-refractivity contribution < 1.29 is 19.4 Å². The maximum absolute atomic E-state index is 11.3. The number of aliphatic hydroxyl groups is 1. The van der Waals surface area contributed by atoms with Gasteiger partial charge in [0.25, 0.3) is 0 Å². The Labute approximate surface area is 98.4 Å². The molecule has 0 aliphatic carbocycles. The minimum Gasteiger partial charge on any atom is -0.394 e. The molecular formula is C11H14N2O4. The Morgan fingerprint density at radius 1 is 1.29 bits per heavy atom. The SMILES string of the molecule is NC(=O)c1ccc(NC(=O)COCCO)cc1. The Kier molecular flexibility index (Phi) is 5.12. The summed E-state index contributed by atoms with van der Waals surface area (Å²) in [4.78, 5) is 22.1. The second kappa shape index (κ2) is 6.62. The quantitative estimate of drug-likeness (QED) is 0.594. The second-order valence-corrected chi connectivity index (χ2v) is 3.27. The molecule has 0 unspecified atom stereocenters. The summed E-state index contributed by atoms with van der Waals surface area (Å²) in [6.45, 7) is -0.132. The maximum atomic E-state index is 11.3. The average molecular weight is 238 g/mol. The van der Waals surface area contributed by atoms with Crippen molar-refractivity contribution in [2.24, 2.45) is 5.73 Å². The zero-order valence-electron chi connectivity index (χ0n) is 9.18. The fraction of sp³-hybridized carbons (Fsp3) is 0.273. The van der Waals surface area contributed by atoms with Crippen molar-refractivity contribution in [1.29, 1.82) is 0 Å². The Hall–Kier alpha value is -1.92. The van der Waals surface area contributed by atoms with Crippen molar-refractivity contribution in [3.05, 3.63) is 29.8 Å². The van der Waals surface area contributed by atoms with E-state index >= 15 is 0 Å². The van der Waals surface area contributed by atoms with Gasteiger partial charge in [0.2, 0.25) is 11.8 Å². The molecule has 2 amide bonds. The van der Waals surface area contributed by atoms with Gasteiger partial charge in [0, 0.05) is 11.3 Å². The van der Waals surface area contributed by atoms with Gasteiger partial charge in [-0.3, -0.25) is 9.59 Å². The number of primary amides is 1. The summed E-state index contributed by atoms with van der Waals surface area (Å²) in [5.41, 5.74) is 6.00. The topological polar surface area (TPSA) is 102 Å². The third-order valence-corrected chi connectivity index (χ3v) is 1.92. The Morgan fingerprint density at radius 2 is 1.94 bits per heavy atom. The third-order valence-electron chi connectivity index (χ3n) is 1.92. The summed E-state index contributed by atoms with van der Waals surface area (Å²) >= 11 is 0. The summed E-state index contributed by atoms with van der Waals surface area (Å²) in [5.74, 6) is -0.848. The predicted molar refractivity (Wildman–Crippen MR) is 61.5 cm³/mol. The van der Waals surface area contributed by atoms with E-state index in [0.29, 0.717) is 11.3 Å². The van der Waals surface area contributed by atoms with Gasteiger partial charge in [-0.15, -0.1) is 0 Å². The minimum absolute atomic E-state index is 0.119. The van der Waals surface area contributed by atoms with E-state index in [2.05, 4.69) is 5.32 Å². The van der Waals surface area contributed by atoms with Crippen molar-refractivity contribution in [2.45, 2.75) is 0 Å². The number of ether oxygens (including phenoxy) is 1. The molecule has 1 rings (SSSR count). The second-order valence-electron chi connectivity index (χ2n) is 3.27. The highest BCUT2D eigenvalue weighted by Gasteiger charge is 2.03. The number of nitrogens with one attached hydrogen (secondary N) is 1. The zero-order valence-corrected chi connectivity index (χ0v) is 9.18. The monoisotopic (exact) mass is 238 g/mol. The van der Waals surface area contributed by atoms with Gasteiger partial charge in [-0.25, -0.2) is 0 Å². The standard InChI is InChI=1S/C11H14N2O4/c12-11(16)8-1-3-9(4-2-8)13-10(15)7-17-6-5-14/h1-4,14H,5-7H2,(H2,12,16)(H,13,15). The smallest absolute Gasteiger partial charge is 0.250 e. The Bertz CT molecular complexity index is 389. The number of carbonyl (C=O) groups excluding carboxylic acids is 2. The van der Waals surface area contributed by atoms with E-state index in [4.69, 9.17) is 15.6 Å². The molecule has 0 heterocycles. The molecule has 0 aliphatic heterocycles. The van der Waals surface area contributed by atoms with E-state index in [1.54, 1.807) is 12.1 Å². The number of aliphatic hydroxyl groups excluding tert-OH is 1. The van der Waals surface area contributed by atoms with Crippen LogP contribution >= 0.6 is 0 Å². The molecule has 1 aromatic carbocycles. The number of hydrogen-bond acceptors (Lipinski definition) is 4. The molecule has 0 aromatic heterocycles. The van der Waals surface area contributed by atoms with Crippen molar-refractivity contribution >= 4 is 17.5 Å². The van der Waals surface area contributed by atoms with Gasteiger partial charge in [0.05, 0.1) is 13.2 Å². The molecule has 6 nitrogen and oxygen atoms in total. The number of hydrogen-bond donors (Lipinski definition) is 3. The summed E-state index contributed by atoms with van der Waals surface area (Å²) in [6, 6.07) is 6.19. The summed E-state index contributed by atoms with van der Waals surface area (Å²) in [7, 11) is 0. The zero-order chi connectivity index (χ0) is 12.7. The van der Waals surface area contributed by atoms with Crippen LogP contribution in [-0.4, -0.2) is 36.7 Å². The van der Waals surface area contributed by atoms with Crippen LogP contribution in [0.2, 0.25) is 0 Å².